The van der Waals surface area contributed by atoms with E-state index < -0.39 is 8.07 Å². The third-order valence-electron chi connectivity index (χ3n) is 11.9. The Morgan fingerprint density at radius 2 is 1.21 bits per heavy atom. The molecule has 10 rings (SSSR count). The van der Waals surface area contributed by atoms with Crippen LogP contribution in [-0.4, -0.2) is 23.0 Å². The predicted molar refractivity (Wildman–Crippen MR) is 265 cm³/mol. The number of para-hydroxylation sites is 1. The molecule has 9 aromatic rings. The van der Waals surface area contributed by atoms with Gasteiger partial charge in [0.2, 0.25) is 0 Å². The van der Waals surface area contributed by atoms with Crippen molar-refractivity contribution in [2.45, 2.75) is 78.4 Å². The first-order valence-corrected chi connectivity index (χ1v) is 25.7. The van der Waals surface area contributed by atoms with Crippen LogP contribution in [0.15, 0.2) is 175 Å². The molecule has 1 aliphatic carbocycles. The van der Waals surface area contributed by atoms with Crippen LogP contribution in [0.1, 0.15) is 61.8 Å². The zero-order valence-electron chi connectivity index (χ0n) is 37.4. The Labute approximate surface area is 388 Å². The number of hydrogen-bond acceptors (Lipinski definition) is 4. The van der Waals surface area contributed by atoms with Crippen LogP contribution in [0.25, 0.3) is 66.8 Å². The van der Waals surface area contributed by atoms with E-state index in [9.17, 15) is 0 Å². The van der Waals surface area contributed by atoms with Gasteiger partial charge < -0.3 is 4.42 Å². The normalized spacial score (nSPS) is 12.1. The molecule has 0 atom stereocenters. The first kappa shape index (κ1) is 45.2. The Kier molecular flexibility index (Phi) is 14.8. The van der Waals surface area contributed by atoms with Crippen molar-refractivity contribution in [3.05, 3.63) is 193 Å². The number of furan rings is 1. The average Bonchev–Trinajstić information content (AvgIpc) is 3.72. The van der Waals surface area contributed by atoms with Crippen LogP contribution in [0, 0.1) is 0 Å². The number of fused-ring (bicyclic) bond motifs is 4. The molecule has 0 amide bonds. The van der Waals surface area contributed by atoms with Crippen LogP contribution in [-0.2, 0) is 39.4 Å². The Morgan fingerprint density at radius 3 is 1.86 bits per heavy atom. The number of hydrogen-bond donors (Lipinski definition) is 0. The molecule has 5 aromatic carbocycles. The zero-order chi connectivity index (χ0) is 43.1. The summed E-state index contributed by atoms with van der Waals surface area (Å²) in [6.07, 6.45) is 11.8. The first-order valence-electron chi connectivity index (χ1n) is 22.2. The van der Waals surface area contributed by atoms with E-state index in [4.69, 9.17) is 14.4 Å². The molecule has 0 saturated heterocycles. The molecule has 4 heterocycles. The van der Waals surface area contributed by atoms with Crippen LogP contribution in [0.3, 0.4) is 0 Å². The van der Waals surface area contributed by atoms with Crippen molar-refractivity contribution in [1.29, 1.82) is 0 Å². The Morgan fingerprint density at radius 1 is 0.603 bits per heavy atom. The van der Waals surface area contributed by atoms with E-state index in [1.54, 1.807) is 0 Å². The number of benzene rings is 5. The molecule has 6 heteroatoms. The van der Waals surface area contributed by atoms with Crippen molar-refractivity contribution in [2.24, 2.45) is 0 Å². The van der Waals surface area contributed by atoms with E-state index in [2.05, 4.69) is 179 Å². The van der Waals surface area contributed by atoms with Gasteiger partial charge >= 0.3 is 0 Å². The van der Waals surface area contributed by atoms with E-state index in [0.717, 1.165) is 58.5 Å². The maximum absolute atomic E-state index is 6.45. The van der Waals surface area contributed by atoms with E-state index in [1.807, 2.05) is 36.7 Å². The number of nitrogens with zero attached hydrogens (tertiary/aromatic N) is 3. The summed E-state index contributed by atoms with van der Waals surface area (Å²) < 4.78 is 6.45. The summed E-state index contributed by atoms with van der Waals surface area (Å²) in [6.45, 7) is 13.9. The van der Waals surface area contributed by atoms with Crippen LogP contribution in [0.2, 0.25) is 19.6 Å². The van der Waals surface area contributed by atoms with Crippen LogP contribution in [0.5, 0.6) is 0 Å². The molecule has 1 aliphatic rings. The zero-order valence-corrected chi connectivity index (χ0v) is 40.8. The summed E-state index contributed by atoms with van der Waals surface area (Å²) in [5.74, 6) is 0.548. The second-order valence-corrected chi connectivity index (χ2v) is 22.6. The second-order valence-electron chi connectivity index (χ2n) is 17.5. The molecule has 0 bridgehead atoms. The standard InChI is InChI=1S/C27H21NO.C17H23NSi.C13H13N.Ir/c1-2-8-18(9-3-1)20-12-7-15-24-25(20)22-13-6-14-23(27(22)29-24)26-21-11-5-4-10-19(21)16-17-28-26;1-13(2)15-11-16(14-9-7-6-8-10-14)18-12-17(15)19(3,4)5;1-2-11-8-9-14-13(10-11)12-6-4-3-5-7-12;/h1-3,6-9,12-17H,4-5,10-11H2;6-13H,1-5H3;3-10H,2H2,1H3;. The van der Waals surface area contributed by atoms with Gasteiger partial charge in [0.15, 0.2) is 0 Å². The number of rotatable bonds is 7. The van der Waals surface area contributed by atoms with Crippen molar-refractivity contribution in [1.82, 2.24) is 15.0 Å². The molecular weight excluding hydrogens is 963 g/mol. The molecule has 63 heavy (non-hydrogen) atoms. The number of aryl methyl sites for hydroxylation is 2. The molecule has 4 nitrogen and oxygen atoms in total. The van der Waals surface area contributed by atoms with E-state index in [1.165, 1.54) is 67.9 Å². The summed E-state index contributed by atoms with van der Waals surface area (Å²) in [5.41, 5.74) is 16.7. The molecule has 4 aromatic heterocycles. The molecular formula is C57H57IrN3OSi. The van der Waals surface area contributed by atoms with Gasteiger partial charge in [-0.15, -0.1) is 0 Å². The smallest absolute Gasteiger partial charge is 0.144 e. The maximum Gasteiger partial charge on any atom is 0.144 e. The van der Waals surface area contributed by atoms with Gasteiger partial charge in [0.1, 0.15) is 11.2 Å². The Bertz CT molecular complexity index is 2900. The van der Waals surface area contributed by atoms with Gasteiger partial charge in [-0.2, -0.15) is 0 Å². The molecule has 1 radical (unpaired) electrons. The second kappa shape index (κ2) is 20.6. The topological polar surface area (TPSA) is 51.8 Å². The summed E-state index contributed by atoms with van der Waals surface area (Å²) in [5, 5.41) is 3.83. The van der Waals surface area contributed by atoms with Crippen LogP contribution >= 0.6 is 0 Å². The maximum atomic E-state index is 6.45. The summed E-state index contributed by atoms with van der Waals surface area (Å²) in [4.78, 5) is 13.9. The minimum Gasteiger partial charge on any atom is -0.455 e. The van der Waals surface area contributed by atoms with Gasteiger partial charge in [-0.3, -0.25) is 15.0 Å². The van der Waals surface area contributed by atoms with Crippen LogP contribution in [0.4, 0.5) is 0 Å². The molecule has 0 unspecified atom stereocenters. The monoisotopic (exact) mass is 1020 g/mol. The van der Waals surface area contributed by atoms with Gasteiger partial charge in [0.05, 0.1) is 25.2 Å². The minimum absolute atomic E-state index is 0. The number of pyridine rings is 3. The van der Waals surface area contributed by atoms with Gasteiger partial charge in [0, 0.05) is 66.2 Å². The fraction of sp³-hybridized carbons (Fsp3) is 0.211. The summed E-state index contributed by atoms with van der Waals surface area (Å²) in [7, 11) is -1.33. The summed E-state index contributed by atoms with van der Waals surface area (Å²) in [6, 6.07) is 52.7. The van der Waals surface area contributed by atoms with Gasteiger partial charge in [-0.1, -0.05) is 156 Å². The van der Waals surface area contributed by atoms with Crippen molar-refractivity contribution in [2.75, 3.05) is 0 Å². The fourth-order valence-electron chi connectivity index (χ4n) is 8.59. The van der Waals surface area contributed by atoms with Crippen LogP contribution < -0.4 is 5.19 Å². The largest absolute Gasteiger partial charge is 0.455 e. The third kappa shape index (κ3) is 10.4. The summed E-state index contributed by atoms with van der Waals surface area (Å²) >= 11 is 0. The van der Waals surface area contributed by atoms with E-state index >= 15 is 0 Å². The van der Waals surface area contributed by atoms with Gasteiger partial charge in [-0.25, -0.2) is 0 Å². The fourth-order valence-corrected chi connectivity index (χ4v) is 10.3. The molecule has 0 fully saturated rings. The van der Waals surface area contributed by atoms with E-state index in [0.29, 0.717) is 5.92 Å². The Hall–Kier alpha value is -5.78. The molecule has 0 aliphatic heterocycles. The predicted octanol–water partition coefficient (Wildman–Crippen LogP) is 14.9. The minimum atomic E-state index is -1.33. The molecule has 319 valence electrons. The third-order valence-corrected chi connectivity index (χ3v) is 13.9. The quantitative estimate of drug-likeness (QED) is 0.149. The molecule has 0 spiro atoms. The average molecular weight is 1020 g/mol. The van der Waals surface area contributed by atoms with Crippen molar-refractivity contribution in [3.8, 4) is 44.9 Å². The van der Waals surface area contributed by atoms with Crippen molar-refractivity contribution >= 4 is 35.2 Å². The molecule has 0 saturated carbocycles. The SMILES string of the molecule is CC(C)c1cc(-c2ccccc2)ncc1[Si](C)(C)C.CCc1ccnc(-c2ccccc2)c1.[Ir].c1ccc(-c2cccc3oc4c(-c5nccc6c5CCCC6)cccc4c23)cc1. The molecule has 0 N–H and O–H groups in total. The van der Waals surface area contributed by atoms with E-state index in [-0.39, 0.29) is 20.1 Å². The Balaban J connectivity index is 0.000000152. The number of aromatic nitrogens is 3. The van der Waals surface area contributed by atoms with Gasteiger partial charge in [-0.05, 0) is 113 Å². The van der Waals surface area contributed by atoms with Crippen molar-refractivity contribution in [3.63, 3.8) is 0 Å². The first-order chi connectivity index (χ1) is 30.2. The van der Waals surface area contributed by atoms with Gasteiger partial charge in [0.25, 0.3) is 0 Å². The van der Waals surface area contributed by atoms with Crippen molar-refractivity contribution < 1.29 is 24.5 Å².